The van der Waals surface area contributed by atoms with Crippen molar-refractivity contribution in [3.63, 3.8) is 0 Å². The maximum absolute atomic E-state index is 11.7. The van der Waals surface area contributed by atoms with Crippen molar-refractivity contribution in [1.82, 2.24) is 9.55 Å². The Morgan fingerprint density at radius 1 is 0.873 bits per heavy atom. The van der Waals surface area contributed by atoms with Crippen molar-refractivity contribution in [2.45, 2.75) is 87.5 Å². The van der Waals surface area contributed by atoms with Crippen LogP contribution in [0.15, 0.2) is 103 Å². The van der Waals surface area contributed by atoms with Gasteiger partial charge in [-0.1, -0.05) is 102 Å². The minimum atomic E-state index is 0. The molecule has 55 heavy (non-hydrogen) atoms. The molecule has 3 aromatic carbocycles. The smallest absolute Gasteiger partial charge is 0.162 e. The van der Waals surface area contributed by atoms with Crippen LogP contribution in [0.25, 0.3) is 59.3 Å². The summed E-state index contributed by atoms with van der Waals surface area (Å²) < 4.78 is 3.69. The number of rotatable bonds is 11. The van der Waals surface area contributed by atoms with E-state index < -0.39 is 0 Å². The summed E-state index contributed by atoms with van der Waals surface area (Å²) in [5.74, 6) is 0.547. The van der Waals surface area contributed by atoms with Gasteiger partial charge in [0.15, 0.2) is 5.78 Å². The molecule has 7 aromatic rings. The van der Waals surface area contributed by atoms with E-state index >= 15 is 0 Å². The van der Waals surface area contributed by atoms with Gasteiger partial charge in [0, 0.05) is 76.4 Å². The van der Waals surface area contributed by atoms with E-state index in [1.807, 2.05) is 56.6 Å². The minimum Gasteiger partial charge on any atom is -0.512 e. The first-order valence-electron chi connectivity index (χ1n) is 19.4. The molecule has 1 radical (unpaired) electrons. The summed E-state index contributed by atoms with van der Waals surface area (Å²) in [6, 6.07) is 34.4. The van der Waals surface area contributed by atoms with Crippen molar-refractivity contribution in [2.75, 3.05) is 0 Å². The molecular weight excluding hydrogens is 893 g/mol. The predicted octanol–water partition coefficient (Wildman–Crippen LogP) is 14.4. The molecule has 0 aliphatic carbocycles. The molecule has 289 valence electrons. The second kappa shape index (κ2) is 18.4. The molecule has 0 amide bonds. The van der Waals surface area contributed by atoms with E-state index in [2.05, 4.69) is 123 Å². The van der Waals surface area contributed by atoms with Crippen LogP contribution in [-0.4, -0.2) is 20.4 Å². The third kappa shape index (κ3) is 9.40. The Labute approximate surface area is 348 Å². The molecule has 4 nitrogen and oxygen atoms in total. The maximum Gasteiger partial charge on any atom is 0.162 e. The van der Waals surface area contributed by atoms with Crippen molar-refractivity contribution in [3.05, 3.63) is 119 Å². The quantitative estimate of drug-likeness (QED) is 0.0799. The first-order chi connectivity index (χ1) is 26.0. The summed E-state index contributed by atoms with van der Waals surface area (Å²) in [5, 5.41) is 13.4. The standard InChI is InChI=1S/C35H29N2S2.C13H24O2.Ir/c1-22-18-24-19-28(29-20-23(16-17-36-29)31-15-14-26(39-31)21-35(2,3)4)32-27-12-8-9-13-30(27)37(33(32)34(24)38-22)25-10-6-5-7-11-25;1-5-10(6-2)12(14)9-13(15)11(7-3)8-4;/h5-18,20H,21H2,1-4H3;9-11,14H,5-8H2,1-4H3;/q-1;;/b;12-9-;. The fraction of sp³-hybridized carbons (Fsp3) is 0.333. The van der Waals surface area contributed by atoms with Gasteiger partial charge in [-0.15, -0.1) is 28.9 Å². The fourth-order valence-electron chi connectivity index (χ4n) is 7.38. The second-order valence-electron chi connectivity index (χ2n) is 15.4. The SMILES string of the molecule is CCC(CC)C(=O)/C=C(\O)C(CC)CC.Cc1cc2[c-]c(-c3cc(-c4ccc(CC(C)(C)C)s4)ccn3)c3c4ccccc4n(-c4ccccc4)c3c2s1.[Ir]. The molecule has 0 saturated heterocycles. The molecule has 7 heteroatoms. The number of carbonyl (C=O) groups excluding carboxylic acids is 1. The van der Waals surface area contributed by atoms with E-state index in [0.29, 0.717) is 0 Å². The summed E-state index contributed by atoms with van der Waals surface area (Å²) in [7, 11) is 0. The van der Waals surface area contributed by atoms with Crippen LogP contribution < -0.4 is 0 Å². The average molecular weight is 946 g/mol. The maximum atomic E-state index is 11.7. The number of benzene rings is 3. The Kier molecular flexibility index (Phi) is 14.1. The summed E-state index contributed by atoms with van der Waals surface area (Å²) in [4.78, 5) is 20.6. The van der Waals surface area contributed by atoms with Gasteiger partial charge in [0.1, 0.15) is 0 Å². The van der Waals surface area contributed by atoms with Crippen LogP contribution in [0.4, 0.5) is 0 Å². The van der Waals surface area contributed by atoms with E-state index in [0.717, 1.165) is 48.7 Å². The molecule has 4 aromatic heterocycles. The van der Waals surface area contributed by atoms with Crippen LogP contribution in [0.2, 0.25) is 0 Å². The van der Waals surface area contributed by atoms with Gasteiger partial charge in [0.05, 0.1) is 5.76 Å². The number of aliphatic hydroxyl groups excluding tert-OH is 1. The zero-order valence-corrected chi connectivity index (χ0v) is 37.4. The Morgan fingerprint density at radius 2 is 1.55 bits per heavy atom. The molecule has 7 rings (SSSR count). The number of aryl methyl sites for hydroxylation is 1. The molecule has 0 spiro atoms. The van der Waals surface area contributed by atoms with E-state index in [9.17, 15) is 9.90 Å². The number of hydrogen-bond acceptors (Lipinski definition) is 5. The van der Waals surface area contributed by atoms with Crippen LogP contribution in [0.1, 0.15) is 83.9 Å². The van der Waals surface area contributed by atoms with Crippen LogP contribution in [0, 0.1) is 30.2 Å². The van der Waals surface area contributed by atoms with Crippen LogP contribution >= 0.6 is 22.7 Å². The third-order valence-corrected chi connectivity index (χ3v) is 12.4. The number of ketones is 1. The number of aliphatic hydroxyl groups is 1. The Bertz CT molecular complexity index is 2400. The molecule has 0 aliphatic heterocycles. The number of para-hydroxylation sites is 2. The van der Waals surface area contributed by atoms with E-state index in [-0.39, 0.29) is 48.9 Å². The second-order valence-corrected chi connectivity index (χ2v) is 17.9. The van der Waals surface area contributed by atoms with Gasteiger partial charge in [-0.2, -0.15) is 11.3 Å². The Morgan fingerprint density at radius 3 is 2.22 bits per heavy atom. The topological polar surface area (TPSA) is 55.1 Å². The number of nitrogens with zero attached hydrogens (tertiary/aromatic N) is 2. The minimum absolute atomic E-state index is 0. The van der Waals surface area contributed by atoms with Crippen molar-refractivity contribution in [1.29, 1.82) is 0 Å². The number of aromatic nitrogens is 2. The van der Waals surface area contributed by atoms with Gasteiger partial charge in [0.2, 0.25) is 0 Å². The average Bonchev–Trinajstić information content (AvgIpc) is 3.87. The van der Waals surface area contributed by atoms with Gasteiger partial charge in [-0.05, 0) is 101 Å². The summed E-state index contributed by atoms with van der Waals surface area (Å²) in [5.41, 5.74) is 7.11. The first-order valence-corrected chi connectivity index (χ1v) is 21.0. The number of carbonyl (C=O) groups is 1. The zero-order chi connectivity index (χ0) is 38.6. The first kappa shape index (κ1) is 42.3. The van der Waals surface area contributed by atoms with Crippen molar-refractivity contribution >= 4 is 60.3 Å². The molecule has 1 N–H and O–H groups in total. The van der Waals surface area contributed by atoms with Crippen molar-refractivity contribution < 1.29 is 30.0 Å². The van der Waals surface area contributed by atoms with Gasteiger partial charge >= 0.3 is 0 Å². The number of allylic oxidation sites excluding steroid dienone is 2. The van der Waals surface area contributed by atoms with E-state index in [4.69, 9.17) is 4.98 Å². The van der Waals surface area contributed by atoms with Gasteiger partial charge in [-0.3, -0.25) is 9.78 Å². The Balaban J connectivity index is 0.000000311. The molecule has 0 fully saturated rings. The number of fused-ring (bicyclic) bond motifs is 5. The van der Waals surface area contributed by atoms with Gasteiger partial charge in [0.25, 0.3) is 0 Å². The molecular formula is C48H53IrN2O2S2-. The fourth-order valence-corrected chi connectivity index (χ4v) is 9.69. The largest absolute Gasteiger partial charge is 0.512 e. The molecule has 0 bridgehead atoms. The van der Waals surface area contributed by atoms with E-state index in [1.54, 1.807) is 0 Å². The molecule has 0 unspecified atom stereocenters. The van der Waals surface area contributed by atoms with Crippen molar-refractivity contribution in [2.24, 2.45) is 17.3 Å². The molecule has 0 atom stereocenters. The number of thiophene rings is 2. The van der Waals surface area contributed by atoms with Gasteiger partial charge < -0.3 is 9.67 Å². The number of hydrogen-bond donors (Lipinski definition) is 1. The summed E-state index contributed by atoms with van der Waals surface area (Å²) in [6.07, 6.45) is 7.94. The summed E-state index contributed by atoms with van der Waals surface area (Å²) >= 11 is 3.74. The predicted molar refractivity (Wildman–Crippen MR) is 233 cm³/mol. The monoisotopic (exact) mass is 946 g/mol. The molecule has 4 heterocycles. The van der Waals surface area contributed by atoms with Crippen LogP contribution in [0.3, 0.4) is 0 Å². The summed E-state index contributed by atoms with van der Waals surface area (Å²) in [6.45, 7) is 17.1. The zero-order valence-electron chi connectivity index (χ0n) is 33.3. The van der Waals surface area contributed by atoms with Crippen LogP contribution in [0.5, 0.6) is 0 Å². The third-order valence-electron chi connectivity index (χ3n) is 10.2. The van der Waals surface area contributed by atoms with Crippen molar-refractivity contribution in [3.8, 4) is 27.4 Å². The molecule has 0 aliphatic rings. The number of pyridine rings is 1. The van der Waals surface area contributed by atoms with Gasteiger partial charge in [-0.25, -0.2) is 0 Å². The van der Waals surface area contributed by atoms with E-state index in [1.165, 1.54) is 58.5 Å². The Hall–Kier alpha value is -3.87. The van der Waals surface area contributed by atoms with Crippen LogP contribution in [-0.2, 0) is 31.3 Å². The molecule has 0 saturated carbocycles. The normalized spacial score (nSPS) is 12.1.